The average molecular weight is 482 g/mol. The summed E-state index contributed by atoms with van der Waals surface area (Å²) in [5.41, 5.74) is 2.15. The zero-order chi connectivity index (χ0) is 25.5. The Labute approximate surface area is 207 Å². The van der Waals surface area contributed by atoms with Gasteiger partial charge in [-0.2, -0.15) is 0 Å². The van der Waals surface area contributed by atoms with Crippen molar-refractivity contribution in [3.05, 3.63) is 64.7 Å². The molecule has 1 atom stereocenters. The fraction of sp³-hybridized carbons (Fsp3) is 0.429. The van der Waals surface area contributed by atoms with Gasteiger partial charge in [0.2, 0.25) is 0 Å². The van der Waals surface area contributed by atoms with Crippen LogP contribution in [-0.2, 0) is 14.3 Å². The number of amides is 1. The number of likely N-dealkylation sites (tertiary alicyclic amines) is 1. The maximum Gasteiger partial charge on any atom is 0.295 e. The third-order valence-electron chi connectivity index (χ3n) is 5.71. The lowest BCUT2D eigenvalue weighted by atomic mass is 9.94. The fourth-order valence-electron chi connectivity index (χ4n) is 4.23. The molecule has 0 aromatic heterocycles. The normalized spacial score (nSPS) is 17.3. The molecule has 0 spiro atoms. The lowest BCUT2D eigenvalue weighted by molar-refractivity contribution is -0.140. The predicted molar refractivity (Wildman–Crippen MR) is 135 cm³/mol. The molecule has 7 heteroatoms. The van der Waals surface area contributed by atoms with Gasteiger partial charge in [0.1, 0.15) is 17.3 Å². The maximum absolute atomic E-state index is 13.3. The topological polar surface area (TPSA) is 85.3 Å². The molecule has 3 rings (SSSR count). The summed E-state index contributed by atoms with van der Waals surface area (Å²) in [5, 5.41) is 11.4. The quantitative estimate of drug-likeness (QED) is 0.210. The van der Waals surface area contributed by atoms with E-state index < -0.39 is 17.7 Å². The molecule has 0 aliphatic carbocycles. The molecule has 35 heavy (non-hydrogen) atoms. The lowest BCUT2D eigenvalue weighted by Gasteiger charge is -2.26. The standard InChI is InChI=1S/C28H35NO6/c1-6-33-21-12-13-22(23(17-21)34-7-2)26(30)24-25(20-11-8-10-19(5)16-20)29(28(32)27(24)31)14-9-15-35-18(3)4/h8,10-13,16-18,25,30H,6-7,9,14-15H2,1-5H3/b26-24-. The molecule has 2 aromatic rings. The van der Waals surface area contributed by atoms with Crippen molar-refractivity contribution in [2.45, 2.75) is 53.2 Å². The van der Waals surface area contributed by atoms with E-state index in [1.54, 1.807) is 18.2 Å². The molecular formula is C28H35NO6. The van der Waals surface area contributed by atoms with E-state index in [4.69, 9.17) is 14.2 Å². The minimum absolute atomic E-state index is 0.0514. The Balaban J connectivity index is 2.10. The maximum atomic E-state index is 13.3. The summed E-state index contributed by atoms with van der Waals surface area (Å²) in [7, 11) is 0. The molecule has 2 aromatic carbocycles. The summed E-state index contributed by atoms with van der Waals surface area (Å²) in [6, 6.07) is 12.0. The molecule has 1 aliphatic rings. The zero-order valence-corrected chi connectivity index (χ0v) is 21.2. The Morgan fingerprint density at radius 1 is 1.06 bits per heavy atom. The predicted octanol–water partition coefficient (Wildman–Crippen LogP) is 5.03. The molecule has 188 valence electrons. The Hall–Kier alpha value is -3.32. The number of hydrogen-bond donors (Lipinski definition) is 1. The number of carbonyl (C=O) groups excluding carboxylic acids is 2. The van der Waals surface area contributed by atoms with E-state index in [1.165, 1.54) is 4.90 Å². The number of hydrogen-bond acceptors (Lipinski definition) is 6. The second-order valence-electron chi connectivity index (χ2n) is 8.70. The minimum Gasteiger partial charge on any atom is -0.507 e. The van der Waals surface area contributed by atoms with Crippen LogP contribution >= 0.6 is 0 Å². The number of aryl methyl sites for hydroxylation is 1. The van der Waals surface area contributed by atoms with Crippen LogP contribution in [0.2, 0.25) is 0 Å². The van der Waals surface area contributed by atoms with E-state index in [0.717, 1.165) is 11.1 Å². The van der Waals surface area contributed by atoms with Gasteiger partial charge >= 0.3 is 0 Å². The van der Waals surface area contributed by atoms with Gasteiger partial charge in [-0.05, 0) is 58.7 Å². The summed E-state index contributed by atoms with van der Waals surface area (Å²) in [6.07, 6.45) is 0.649. The fourth-order valence-corrected chi connectivity index (χ4v) is 4.23. The largest absolute Gasteiger partial charge is 0.507 e. The van der Waals surface area contributed by atoms with Gasteiger partial charge in [0, 0.05) is 19.2 Å². The van der Waals surface area contributed by atoms with Crippen molar-refractivity contribution in [1.82, 2.24) is 4.90 Å². The smallest absolute Gasteiger partial charge is 0.295 e. The third-order valence-corrected chi connectivity index (χ3v) is 5.71. The Kier molecular flexibility index (Phi) is 8.93. The van der Waals surface area contributed by atoms with Crippen molar-refractivity contribution in [3.63, 3.8) is 0 Å². The third kappa shape index (κ3) is 6.03. The molecule has 1 amide bonds. The Morgan fingerprint density at radius 3 is 2.46 bits per heavy atom. The number of carbonyl (C=O) groups is 2. The van der Waals surface area contributed by atoms with Gasteiger partial charge in [-0.1, -0.05) is 29.8 Å². The van der Waals surface area contributed by atoms with Crippen LogP contribution in [0, 0.1) is 6.92 Å². The van der Waals surface area contributed by atoms with Crippen molar-refractivity contribution in [3.8, 4) is 11.5 Å². The van der Waals surface area contributed by atoms with E-state index in [2.05, 4.69) is 0 Å². The lowest BCUT2D eigenvalue weighted by Crippen LogP contribution is -2.31. The molecule has 1 aliphatic heterocycles. The highest BCUT2D eigenvalue weighted by molar-refractivity contribution is 6.46. The Bertz CT molecular complexity index is 1090. The van der Waals surface area contributed by atoms with Gasteiger partial charge in [0.05, 0.1) is 36.5 Å². The van der Waals surface area contributed by atoms with Gasteiger partial charge in [-0.25, -0.2) is 0 Å². The molecule has 1 N–H and O–H groups in total. The van der Waals surface area contributed by atoms with Gasteiger partial charge in [-0.15, -0.1) is 0 Å². The molecule has 1 unspecified atom stereocenters. The summed E-state index contributed by atoms with van der Waals surface area (Å²) >= 11 is 0. The number of nitrogens with zero attached hydrogens (tertiary/aromatic N) is 1. The van der Waals surface area contributed by atoms with Crippen LogP contribution in [0.15, 0.2) is 48.0 Å². The van der Waals surface area contributed by atoms with Crippen LogP contribution in [0.1, 0.15) is 56.8 Å². The van der Waals surface area contributed by atoms with E-state index >= 15 is 0 Å². The van der Waals surface area contributed by atoms with Crippen molar-refractivity contribution < 1.29 is 28.9 Å². The molecule has 0 bridgehead atoms. The van der Waals surface area contributed by atoms with Gasteiger partial charge in [0.25, 0.3) is 11.7 Å². The van der Waals surface area contributed by atoms with Gasteiger partial charge in [-0.3, -0.25) is 9.59 Å². The summed E-state index contributed by atoms with van der Waals surface area (Å²) in [4.78, 5) is 27.9. The first-order chi connectivity index (χ1) is 16.8. The molecule has 0 radical (unpaired) electrons. The number of rotatable bonds is 11. The number of ether oxygens (including phenoxy) is 3. The first-order valence-corrected chi connectivity index (χ1v) is 12.1. The van der Waals surface area contributed by atoms with Gasteiger partial charge in [0.15, 0.2) is 0 Å². The number of benzene rings is 2. The zero-order valence-electron chi connectivity index (χ0n) is 21.2. The summed E-state index contributed by atoms with van der Waals surface area (Å²) < 4.78 is 16.9. The Morgan fingerprint density at radius 2 is 1.80 bits per heavy atom. The van der Waals surface area contributed by atoms with Crippen molar-refractivity contribution in [2.75, 3.05) is 26.4 Å². The van der Waals surface area contributed by atoms with Crippen LogP contribution in [-0.4, -0.2) is 54.2 Å². The van der Waals surface area contributed by atoms with Crippen LogP contribution in [0.25, 0.3) is 5.76 Å². The molecule has 7 nitrogen and oxygen atoms in total. The van der Waals surface area contributed by atoms with Gasteiger partial charge < -0.3 is 24.2 Å². The first kappa shape index (κ1) is 26.3. The van der Waals surface area contributed by atoms with E-state index in [-0.39, 0.29) is 17.4 Å². The highest BCUT2D eigenvalue weighted by atomic mass is 16.5. The highest BCUT2D eigenvalue weighted by Gasteiger charge is 2.46. The SMILES string of the molecule is CCOc1ccc(/C(O)=C2/C(=O)C(=O)N(CCCOC(C)C)C2c2cccc(C)c2)c(OCC)c1. The van der Waals surface area contributed by atoms with E-state index in [9.17, 15) is 14.7 Å². The molecule has 1 saturated heterocycles. The van der Waals surface area contributed by atoms with Crippen LogP contribution in [0.5, 0.6) is 11.5 Å². The summed E-state index contributed by atoms with van der Waals surface area (Å²) in [5.74, 6) is -0.632. The van der Waals surface area contributed by atoms with Crippen molar-refractivity contribution in [1.29, 1.82) is 0 Å². The van der Waals surface area contributed by atoms with E-state index in [1.807, 2.05) is 58.9 Å². The van der Waals surface area contributed by atoms with Crippen molar-refractivity contribution >= 4 is 17.4 Å². The average Bonchev–Trinajstić information content (AvgIpc) is 3.07. The highest BCUT2D eigenvalue weighted by Crippen LogP contribution is 2.41. The second kappa shape index (κ2) is 11.9. The monoisotopic (exact) mass is 481 g/mol. The van der Waals surface area contributed by atoms with E-state index in [0.29, 0.717) is 49.8 Å². The molecule has 1 fully saturated rings. The number of aliphatic hydroxyl groups excluding tert-OH is 1. The molecule has 1 heterocycles. The first-order valence-electron chi connectivity index (χ1n) is 12.1. The van der Waals surface area contributed by atoms with Crippen LogP contribution in [0.4, 0.5) is 0 Å². The summed E-state index contributed by atoms with van der Waals surface area (Å²) in [6.45, 7) is 11.2. The number of aliphatic hydroxyl groups is 1. The molecular weight excluding hydrogens is 446 g/mol. The molecule has 0 saturated carbocycles. The minimum atomic E-state index is -0.713. The number of ketones is 1. The number of Topliss-reactive ketones (excluding diaryl/α,β-unsaturated/α-hetero) is 1. The van der Waals surface area contributed by atoms with Crippen LogP contribution in [0.3, 0.4) is 0 Å². The second-order valence-corrected chi connectivity index (χ2v) is 8.70. The van der Waals surface area contributed by atoms with Crippen molar-refractivity contribution in [2.24, 2.45) is 0 Å². The van der Waals surface area contributed by atoms with Crippen LogP contribution < -0.4 is 9.47 Å².